The van der Waals surface area contributed by atoms with Crippen LogP contribution in [0, 0.1) is 5.41 Å². The van der Waals surface area contributed by atoms with E-state index in [0.29, 0.717) is 25.9 Å². The highest BCUT2D eigenvalue weighted by Gasteiger charge is 2.51. The van der Waals surface area contributed by atoms with Crippen molar-refractivity contribution in [3.8, 4) is 0 Å². The van der Waals surface area contributed by atoms with Gasteiger partial charge in [0.05, 0.1) is 0 Å². The Morgan fingerprint density at radius 3 is 2.44 bits per heavy atom. The second-order valence-electron chi connectivity index (χ2n) is 8.03. The maximum Gasteiger partial charge on any atom is 0.248 e. The maximum atomic E-state index is 13.0. The molecule has 0 radical (unpaired) electrons. The van der Waals surface area contributed by atoms with Crippen LogP contribution in [0.2, 0.25) is 0 Å². The van der Waals surface area contributed by atoms with E-state index in [1.165, 1.54) is 5.56 Å². The van der Waals surface area contributed by atoms with Gasteiger partial charge >= 0.3 is 0 Å². The number of nitrogens with one attached hydrogen (secondary N) is 2. The van der Waals surface area contributed by atoms with Crippen molar-refractivity contribution in [3.63, 3.8) is 0 Å². The van der Waals surface area contributed by atoms with Crippen LogP contribution in [0.4, 0.5) is 0 Å². The molecule has 2 rings (SSSR count). The Morgan fingerprint density at radius 2 is 1.85 bits per heavy atom. The summed E-state index contributed by atoms with van der Waals surface area (Å²) in [5.74, 6) is -1.41. The lowest BCUT2D eigenvalue weighted by Gasteiger charge is -2.36. The Hall–Kier alpha value is -2.01. The summed E-state index contributed by atoms with van der Waals surface area (Å²) in [5.41, 5.74) is -0.945. The first-order valence-electron chi connectivity index (χ1n) is 10.00. The number of aryl methyl sites for hydroxylation is 1. The predicted molar refractivity (Wildman–Crippen MR) is 106 cm³/mol. The van der Waals surface area contributed by atoms with Gasteiger partial charge in [-0.05, 0) is 50.6 Å². The average Bonchev–Trinajstić information content (AvgIpc) is 2.71. The molecule has 1 aromatic carbocycles. The van der Waals surface area contributed by atoms with E-state index < -0.39 is 22.5 Å². The molecule has 5 nitrogen and oxygen atoms in total. The number of amides is 1. The molecular weight excluding hydrogens is 340 g/mol. The molecule has 1 aliphatic heterocycles. The number of hydrogen-bond acceptors (Lipinski definition) is 4. The maximum absolute atomic E-state index is 13.0. The van der Waals surface area contributed by atoms with Gasteiger partial charge < -0.3 is 5.32 Å². The van der Waals surface area contributed by atoms with Crippen molar-refractivity contribution in [2.45, 2.75) is 64.8 Å². The number of rotatable bonds is 9. The molecule has 1 fully saturated rings. The van der Waals surface area contributed by atoms with Gasteiger partial charge in [0.15, 0.2) is 5.54 Å². The lowest BCUT2D eigenvalue weighted by atomic mass is 9.74. The molecule has 0 bridgehead atoms. The molecule has 1 amide bonds. The fourth-order valence-electron chi connectivity index (χ4n) is 3.35. The Kier molecular flexibility index (Phi) is 7.31. The molecule has 1 unspecified atom stereocenters. The van der Waals surface area contributed by atoms with E-state index >= 15 is 0 Å². The minimum atomic E-state index is -1.41. The summed E-state index contributed by atoms with van der Waals surface area (Å²) in [6.45, 7) is 6.47. The number of piperidine rings is 1. The third-order valence-corrected chi connectivity index (χ3v) is 5.66. The molecular formula is C22H32N2O3. The molecule has 0 spiro atoms. The smallest absolute Gasteiger partial charge is 0.248 e. The van der Waals surface area contributed by atoms with Crippen molar-refractivity contribution in [1.29, 1.82) is 0 Å². The summed E-state index contributed by atoms with van der Waals surface area (Å²) in [7, 11) is 0. The van der Waals surface area contributed by atoms with Crippen molar-refractivity contribution in [3.05, 3.63) is 35.9 Å². The van der Waals surface area contributed by atoms with Crippen molar-refractivity contribution >= 4 is 17.5 Å². The second kappa shape index (κ2) is 9.27. The molecule has 1 atom stereocenters. The van der Waals surface area contributed by atoms with E-state index in [4.69, 9.17) is 0 Å². The minimum Gasteiger partial charge on any atom is -0.354 e. The van der Waals surface area contributed by atoms with Gasteiger partial charge in [-0.15, -0.1) is 0 Å². The molecule has 27 heavy (non-hydrogen) atoms. The molecule has 1 heterocycles. The molecule has 2 N–H and O–H groups in total. The van der Waals surface area contributed by atoms with Crippen LogP contribution in [0.3, 0.4) is 0 Å². The Balaban J connectivity index is 2.02. The zero-order valence-corrected chi connectivity index (χ0v) is 16.8. The number of carbonyl (C=O) groups excluding carboxylic acids is 3. The number of hydrogen-bond donors (Lipinski definition) is 2. The van der Waals surface area contributed by atoms with Crippen LogP contribution in [0.1, 0.15) is 58.4 Å². The quantitative estimate of drug-likeness (QED) is 0.397. The summed E-state index contributed by atoms with van der Waals surface area (Å²) in [5, 5.41) is 5.98. The third kappa shape index (κ3) is 5.04. The molecule has 148 valence electrons. The van der Waals surface area contributed by atoms with Crippen LogP contribution in [-0.2, 0) is 20.8 Å². The van der Waals surface area contributed by atoms with Gasteiger partial charge in [-0.3, -0.25) is 19.7 Å². The normalized spacial score (nSPS) is 20.1. The standard InChI is InChI=1S/C22H32N2O3/c1-4-21(2,3)18(25)19(26)22(14-8-9-16-24-22)20(27)23-15-10-13-17-11-6-5-7-12-17/h5-7,11-12,24H,4,8-10,13-16H2,1-3H3,(H,23,27). The Bertz CT molecular complexity index is 661. The Labute approximate surface area is 162 Å². The van der Waals surface area contributed by atoms with Crippen LogP contribution < -0.4 is 10.6 Å². The molecule has 0 aliphatic carbocycles. The first-order valence-corrected chi connectivity index (χ1v) is 10.00. The number of ketones is 2. The van der Waals surface area contributed by atoms with E-state index in [-0.39, 0.29) is 5.91 Å². The van der Waals surface area contributed by atoms with Crippen molar-refractivity contribution < 1.29 is 14.4 Å². The number of carbonyl (C=O) groups is 3. The summed E-state index contributed by atoms with van der Waals surface area (Å²) in [4.78, 5) is 38.7. The van der Waals surface area contributed by atoms with E-state index in [2.05, 4.69) is 22.8 Å². The van der Waals surface area contributed by atoms with Crippen LogP contribution >= 0.6 is 0 Å². The van der Waals surface area contributed by atoms with Crippen molar-refractivity contribution in [1.82, 2.24) is 10.6 Å². The fourth-order valence-corrected chi connectivity index (χ4v) is 3.35. The van der Waals surface area contributed by atoms with Crippen LogP contribution in [0.5, 0.6) is 0 Å². The molecule has 0 saturated carbocycles. The van der Waals surface area contributed by atoms with Crippen molar-refractivity contribution in [2.75, 3.05) is 13.1 Å². The number of Topliss-reactive ketones (excluding diaryl/α,β-unsaturated/α-hetero) is 2. The highest BCUT2D eigenvalue weighted by Crippen LogP contribution is 2.28. The lowest BCUT2D eigenvalue weighted by molar-refractivity contribution is -0.150. The van der Waals surface area contributed by atoms with Crippen LogP contribution in [0.25, 0.3) is 0 Å². The van der Waals surface area contributed by atoms with E-state index in [1.54, 1.807) is 13.8 Å². The molecule has 1 aliphatic rings. The van der Waals surface area contributed by atoms with Crippen LogP contribution in [-0.4, -0.2) is 36.1 Å². The first-order chi connectivity index (χ1) is 12.8. The second-order valence-corrected chi connectivity index (χ2v) is 8.03. The summed E-state index contributed by atoms with van der Waals surface area (Å²) in [6, 6.07) is 10.1. The van der Waals surface area contributed by atoms with E-state index in [9.17, 15) is 14.4 Å². The molecule has 5 heteroatoms. The molecule has 1 saturated heterocycles. The zero-order chi connectivity index (χ0) is 19.9. The van der Waals surface area contributed by atoms with Gasteiger partial charge in [0, 0.05) is 12.0 Å². The first kappa shape index (κ1) is 21.3. The third-order valence-electron chi connectivity index (χ3n) is 5.66. The Morgan fingerprint density at radius 1 is 1.15 bits per heavy atom. The van der Waals surface area contributed by atoms with Gasteiger partial charge in [0.25, 0.3) is 0 Å². The van der Waals surface area contributed by atoms with Gasteiger partial charge in [0.1, 0.15) is 0 Å². The topological polar surface area (TPSA) is 75.3 Å². The van der Waals surface area contributed by atoms with Gasteiger partial charge in [-0.25, -0.2) is 0 Å². The number of benzene rings is 1. The average molecular weight is 373 g/mol. The lowest BCUT2D eigenvalue weighted by Crippen LogP contribution is -2.66. The largest absolute Gasteiger partial charge is 0.354 e. The van der Waals surface area contributed by atoms with E-state index in [1.807, 2.05) is 25.1 Å². The summed E-state index contributed by atoms with van der Waals surface area (Å²) >= 11 is 0. The van der Waals surface area contributed by atoms with E-state index in [0.717, 1.165) is 25.7 Å². The predicted octanol–water partition coefficient (Wildman–Crippen LogP) is 2.82. The fraction of sp³-hybridized carbons (Fsp3) is 0.591. The zero-order valence-electron chi connectivity index (χ0n) is 16.8. The highest BCUT2D eigenvalue weighted by atomic mass is 16.2. The minimum absolute atomic E-state index is 0.361. The monoisotopic (exact) mass is 372 g/mol. The molecule has 0 aromatic heterocycles. The summed E-state index contributed by atoms with van der Waals surface area (Å²) < 4.78 is 0. The highest BCUT2D eigenvalue weighted by molar-refractivity contribution is 6.46. The molecule has 1 aromatic rings. The van der Waals surface area contributed by atoms with Gasteiger partial charge in [-0.2, -0.15) is 0 Å². The SMILES string of the molecule is CCC(C)(C)C(=O)C(=O)C1(C(=O)NCCCc2ccccc2)CCCCN1. The van der Waals surface area contributed by atoms with Gasteiger partial charge in [-0.1, -0.05) is 51.1 Å². The summed E-state index contributed by atoms with van der Waals surface area (Å²) in [6.07, 6.45) is 4.25. The van der Waals surface area contributed by atoms with Crippen molar-refractivity contribution in [2.24, 2.45) is 5.41 Å². The van der Waals surface area contributed by atoms with Gasteiger partial charge in [0.2, 0.25) is 17.5 Å². The van der Waals surface area contributed by atoms with Crippen LogP contribution in [0.15, 0.2) is 30.3 Å².